The summed E-state index contributed by atoms with van der Waals surface area (Å²) in [4.78, 5) is 27.7. The van der Waals surface area contributed by atoms with Crippen molar-refractivity contribution in [1.29, 1.82) is 5.26 Å². The Morgan fingerprint density at radius 2 is 2.35 bits per heavy atom. The second-order valence-corrected chi connectivity index (χ2v) is 4.81. The number of rotatable bonds is 2. The van der Waals surface area contributed by atoms with Gasteiger partial charge in [-0.1, -0.05) is 11.6 Å². The van der Waals surface area contributed by atoms with Gasteiger partial charge in [-0.25, -0.2) is 4.98 Å². The molecule has 0 aromatic carbocycles. The molecule has 1 aliphatic heterocycles. The molecular formula is C12H11ClN4O3. The minimum atomic E-state index is -0.679. The maximum absolute atomic E-state index is 12.4. The predicted octanol–water partition coefficient (Wildman–Crippen LogP) is 2.16. The van der Waals surface area contributed by atoms with Gasteiger partial charge in [0, 0.05) is 6.54 Å². The van der Waals surface area contributed by atoms with Crippen molar-refractivity contribution in [1.82, 2.24) is 9.88 Å². The Morgan fingerprint density at radius 1 is 1.60 bits per heavy atom. The molecule has 7 nitrogen and oxygen atoms in total. The number of likely N-dealkylation sites (tertiary alicyclic amines) is 1. The van der Waals surface area contributed by atoms with Crippen molar-refractivity contribution in [2.24, 2.45) is 0 Å². The molecule has 1 aromatic rings. The third-order valence-electron chi connectivity index (χ3n) is 3.19. The van der Waals surface area contributed by atoms with Crippen LogP contribution in [-0.4, -0.2) is 33.3 Å². The lowest BCUT2D eigenvalue weighted by atomic mass is 10.0. The molecule has 0 radical (unpaired) electrons. The molecule has 1 aromatic heterocycles. The lowest BCUT2D eigenvalue weighted by molar-refractivity contribution is -0.385. The maximum Gasteiger partial charge on any atom is 0.300 e. The fraction of sp³-hybridized carbons (Fsp3) is 0.417. The van der Waals surface area contributed by atoms with Crippen molar-refractivity contribution in [3.8, 4) is 6.07 Å². The maximum atomic E-state index is 12.4. The van der Waals surface area contributed by atoms with Crippen molar-refractivity contribution in [2.75, 3.05) is 6.54 Å². The van der Waals surface area contributed by atoms with Gasteiger partial charge in [-0.05, 0) is 25.3 Å². The molecule has 0 spiro atoms. The van der Waals surface area contributed by atoms with E-state index in [-0.39, 0.29) is 10.7 Å². The first-order chi connectivity index (χ1) is 9.54. The van der Waals surface area contributed by atoms with Crippen molar-refractivity contribution in [3.63, 3.8) is 0 Å². The number of nitriles is 1. The van der Waals surface area contributed by atoms with Gasteiger partial charge < -0.3 is 4.90 Å². The van der Waals surface area contributed by atoms with Gasteiger partial charge in [0.05, 0.1) is 11.0 Å². The number of halogens is 1. The summed E-state index contributed by atoms with van der Waals surface area (Å²) < 4.78 is 0. The fourth-order valence-electron chi connectivity index (χ4n) is 2.20. The molecule has 20 heavy (non-hydrogen) atoms. The molecule has 1 aliphatic rings. The molecule has 0 saturated carbocycles. The molecule has 1 atom stereocenters. The molecule has 0 bridgehead atoms. The number of amides is 1. The predicted molar refractivity (Wildman–Crippen MR) is 70.2 cm³/mol. The van der Waals surface area contributed by atoms with Gasteiger partial charge in [0.25, 0.3) is 11.6 Å². The number of carbonyl (C=O) groups is 1. The molecule has 1 amide bonds. The smallest absolute Gasteiger partial charge is 0.300 e. The fourth-order valence-corrected chi connectivity index (χ4v) is 2.36. The van der Waals surface area contributed by atoms with E-state index in [9.17, 15) is 14.9 Å². The highest BCUT2D eigenvalue weighted by atomic mass is 35.5. The Hall–Kier alpha value is -2.20. The van der Waals surface area contributed by atoms with Crippen molar-refractivity contribution < 1.29 is 9.72 Å². The third kappa shape index (κ3) is 2.70. The zero-order valence-corrected chi connectivity index (χ0v) is 11.2. The largest absolute Gasteiger partial charge is 0.322 e. The Kier molecular flexibility index (Phi) is 4.15. The van der Waals surface area contributed by atoms with E-state index in [1.807, 2.05) is 0 Å². The molecule has 104 valence electrons. The van der Waals surface area contributed by atoms with Crippen LogP contribution in [0.1, 0.15) is 29.6 Å². The number of nitrogens with zero attached hydrogens (tertiary/aromatic N) is 4. The Labute approximate surface area is 119 Å². The van der Waals surface area contributed by atoms with Crippen LogP contribution >= 0.6 is 11.6 Å². The minimum Gasteiger partial charge on any atom is -0.322 e. The Balaban J connectivity index is 2.40. The highest BCUT2D eigenvalue weighted by Gasteiger charge is 2.31. The first kappa shape index (κ1) is 14.2. The van der Waals surface area contributed by atoms with Crippen molar-refractivity contribution in [3.05, 3.63) is 33.1 Å². The van der Waals surface area contributed by atoms with E-state index in [1.165, 1.54) is 11.0 Å². The van der Waals surface area contributed by atoms with Crippen molar-refractivity contribution in [2.45, 2.75) is 25.3 Å². The van der Waals surface area contributed by atoms with Crippen LogP contribution in [0.2, 0.25) is 5.15 Å². The topological polar surface area (TPSA) is 100 Å². The summed E-state index contributed by atoms with van der Waals surface area (Å²) in [5, 5.41) is 20.0. The minimum absolute atomic E-state index is 0.00414. The number of nitro groups is 1. The Morgan fingerprint density at radius 3 is 3.00 bits per heavy atom. The summed E-state index contributed by atoms with van der Waals surface area (Å²) in [5.74, 6) is -0.549. The first-order valence-electron chi connectivity index (χ1n) is 6.05. The van der Waals surface area contributed by atoms with Gasteiger partial charge in [0.15, 0.2) is 0 Å². The molecule has 1 fully saturated rings. The van der Waals surface area contributed by atoms with Crippen LogP contribution in [0.25, 0.3) is 0 Å². The summed E-state index contributed by atoms with van der Waals surface area (Å²) in [6.45, 7) is 0.411. The number of aromatic nitrogens is 1. The Bertz CT molecular complexity index is 599. The van der Waals surface area contributed by atoms with E-state index in [0.717, 1.165) is 19.0 Å². The lowest BCUT2D eigenvalue weighted by Crippen LogP contribution is -2.43. The third-order valence-corrected chi connectivity index (χ3v) is 3.40. The monoisotopic (exact) mass is 294 g/mol. The molecule has 8 heteroatoms. The summed E-state index contributed by atoms with van der Waals surface area (Å²) in [6.07, 6.45) is 3.17. The zero-order valence-electron chi connectivity index (χ0n) is 10.5. The molecule has 2 heterocycles. The van der Waals surface area contributed by atoms with Gasteiger partial charge in [-0.15, -0.1) is 0 Å². The number of piperidine rings is 1. The van der Waals surface area contributed by atoms with E-state index in [2.05, 4.69) is 11.1 Å². The number of carbonyl (C=O) groups excluding carboxylic acids is 1. The van der Waals surface area contributed by atoms with Crippen LogP contribution in [-0.2, 0) is 0 Å². The first-order valence-corrected chi connectivity index (χ1v) is 6.43. The van der Waals surface area contributed by atoms with Crippen LogP contribution in [0, 0.1) is 21.4 Å². The van der Waals surface area contributed by atoms with E-state index in [0.29, 0.717) is 13.0 Å². The number of hydrogen-bond acceptors (Lipinski definition) is 5. The summed E-state index contributed by atoms with van der Waals surface area (Å²) >= 11 is 5.71. The number of hydrogen-bond donors (Lipinski definition) is 0. The van der Waals surface area contributed by atoms with Gasteiger partial charge in [0.2, 0.25) is 0 Å². The van der Waals surface area contributed by atoms with Crippen LogP contribution in [0.4, 0.5) is 5.69 Å². The SMILES string of the molecule is N#CC1CCCCN1C(=O)c1cc(Cl)ncc1[N+](=O)[O-]. The zero-order chi connectivity index (χ0) is 14.7. The second kappa shape index (κ2) is 5.84. The van der Waals surface area contributed by atoms with Gasteiger partial charge >= 0.3 is 0 Å². The lowest BCUT2D eigenvalue weighted by Gasteiger charge is -2.31. The average Bonchev–Trinajstić information content (AvgIpc) is 2.46. The standard InChI is InChI=1S/C12H11ClN4O3/c13-11-5-9(10(7-15-11)17(19)20)12(18)16-4-2-1-3-8(16)6-14/h5,7-8H,1-4H2. The van der Waals surface area contributed by atoms with Gasteiger partial charge in [-0.3, -0.25) is 14.9 Å². The van der Waals surface area contributed by atoms with Gasteiger partial charge in [0.1, 0.15) is 23.0 Å². The molecule has 0 aliphatic carbocycles. The quantitative estimate of drug-likeness (QED) is 0.472. The highest BCUT2D eigenvalue weighted by molar-refractivity contribution is 6.29. The van der Waals surface area contributed by atoms with Crippen molar-refractivity contribution >= 4 is 23.2 Å². The van der Waals surface area contributed by atoms with E-state index in [4.69, 9.17) is 16.9 Å². The molecule has 1 saturated heterocycles. The summed E-state index contributed by atoms with van der Waals surface area (Å²) in [5.41, 5.74) is -0.529. The van der Waals surface area contributed by atoms with Crippen LogP contribution in [0.15, 0.2) is 12.3 Å². The van der Waals surface area contributed by atoms with Crippen LogP contribution < -0.4 is 0 Å². The van der Waals surface area contributed by atoms with Crippen LogP contribution in [0.3, 0.4) is 0 Å². The second-order valence-electron chi connectivity index (χ2n) is 4.42. The highest BCUT2D eigenvalue weighted by Crippen LogP contribution is 2.25. The van der Waals surface area contributed by atoms with E-state index >= 15 is 0 Å². The summed E-state index contributed by atoms with van der Waals surface area (Å²) in [6, 6.07) is 2.67. The van der Waals surface area contributed by atoms with E-state index < -0.39 is 22.6 Å². The normalized spacial score (nSPS) is 18.4. The van der Waals surface area contributed by atoms with E-state index in [1.54, 1.807) is 0 Å². The van der Waals surface area contributed by atoms with Gasteiger partial charge in [-0.2, -0.15) is 5.26 Å². The van der Waals surface area contributed by atoms with Crippen LogP contribution in [0.5, 0.6) is 0 Å². The number of pyridine rings is 1. The molecular weight excluding hydrogens is 284 g/mol. The molecule has 0 N–H and O–H groups in total. The molecule has 1 unspecified atom stereocenters. The summed E-state index contributed by atoms with van der Waals surface area (Å²) in [7, 11) is 0. The molecule has 2 rings (SSSR count). The average molecular weight is 295 g/mol.